The van der Waals surface area contributed by atoms with Gasteiger partial charge in [-0.3, -0.25) is 0 Å². The summed E-state index contributed by atoms with van der Waals surface area (Å²) in [6, 6.07) is 0. The Morgan fingerprint density at radius 1 is 1.33 bits per heavy atom. The number of nitrogens with zero attached hydrogens (tertiary/aromatic N) is 1. The fourth-order valence-electron chi connectivity index (χ4n) is 2.17. The lowest BCUT2D eigenvalue weighted by molar-refractivity contribution is 0.00578. The summed E-state index contributed by atoms with van der Waals surface area (Å²) < 4.78 is 12.0. The van der Waals surface area contributed by atoms with Gasteiger partial charge in [0.05, 0.1) is 17.4 Å². The van der Waals surface area contributed by atoms with Gasteiger partial charge in [-0.2, -0.15) is 0 Å². The van der Waals surface area contributed by atoms with Crippen LogP contribution >= 0.6 is 0 Å². The third-order valence-electron chi connectivity index (χ3n) is 4.04. The molecule has 0 amide bonds. The van der Waals surface area contributed by atoms with Crippen LogP contribution in [0.5, 0.6) is 0 Å². The molecule has 0 unspecified atom stereocenters. The number of hydrogen-bond acceptors (Lipinski definition) is 4. The Morgan fingerprint density at radius 2 is 1.94 bits per heavy atom. The number of carbonyl (C=O) groups is 1. The lowest BCUT2D eigenvalue weighted by atomic mass is 9.74. The summed E-state index contributed by atoms with van der Waals surface area (Å²) in [4.78, 5) is 12.5. The summed E-state index contributed by atoms with van der Waals surface area (Å²) in [5.74, 6) is 0. The van der Waals surface area contributed by atoms with Gasteiger partial charge in [-0.05, 0) is 46.1 Å². The lowest BCUT2D eigenvalue weighted by Gasteiger charge is -2.32. The molecule has 6 heteroatoms. The van der Waals surface area contributed by atoms with Crippen molar-refractivity contribution < 1.29 is 14.1 Å². The second-order valence-corrected chi connectivity index (χ2v) is 5.91. The Hall–Kier alpha value is -0.580. The van der Waals surface area contributed by atoms with Gasteiger partial charge < -0.3 is 18.9 Å². The minimum Gasteiger partial charge on any atom is -0.400 e. The molecule has 0 spiro atoms. The highest BCUT2D eigenvalue weighted by atomic mass is 16.7. The van der Waals surface area contributed by atoms with Crippen molar-refractivity contribution in [2.24, 2.45) is 0 Å². The third-order valence-corrected chi connectivity index (χ3v) is 4.04. The first kappa shape index (κ1) is 13.8. The molecule has 0 saturated carbocycles. The molecule has 1 radical (unpaired) electrons. The zero-order valence-electron chi connectivity index (χ0n) is 11.6. The minimum absolute atomic E-state index is 0.294. The molecule has 97 valence electrons. The molecule has 0 aliphatic carbocycles. The molecule has 2 aliphatic rings. The molecule has 18 heavy (non-hydrogen) atoms. The van der Waals surface area contributed by atoms with Crippen molar-refractivity contribution in [3.05, 3.63) is 11.5 Å². The summed E-state index contributed by atoms with van der Waals surface area (Å²) in [6.45, 7) is 9.77. The largest absolute Gasteiger partial charge is 0.491 e. The number of carbonyl (C=O) groups excluding carboxylic acids is 1. The second-order valence-electron chi connectivity index (χ2n) is 5.91. The van der Waals surface area contributed by atoms with Crippen molar-refractivity contribution in [2.75, 3.05) is 13.1 Å². The molecular formula is C12H20B2NO3. The van der Waals surface area contributed by atoms with E-state index in [4.69, 9.17) is 9.31 Å². The molecule has 0 N–H and O–H groups in total. The van der Waals surface area contributed by atoms with E-state index in [9.17, 15) is 4.79 Å². The van der Waals surface area contributed by atoms with Crippen LogP contribution in [-0.4, -0.2) is 49.8 Å². The van der Waals surface area contributed by atoms with Crippen LogP contribution in [0.1, 0.15) is 34.1 Å². The molecule has 1 saturated heterocycles. The van der Waals surface area contributed by atoms with Crippen molar-refractivity contribution in [3.63, 3.8) is 0 Å². The highest BCUT2D eigenvalue weighted by Gasteiger charge is 2.52. The van der Waals surface area contributed by atoms with Crippen LogP contribution in [0.2, 0.25) is 0 Å². The van der Waals surface area contributed by atoms with Crippen molar-refractivity contribution in [1.29, 1.82) is 0 Å². The average molecular weight is 248 g/mol. The van der Waals surface area contributed by atoms with Crippen LogP contribution in [0.4, 0.5) is 0 Å². The fourth-order valence-corrected chi connectivity index (χ4v) is 2.17. The van der Waals surface area contributed by atoms with E-state index in [1.54, 1.807) is 7.41 Å². The summed E-state index contributed by atoms with van der Waals surface area (Å²) >= 11 is 0. The molecule has 0 aromatic rings. The second kappa shape index (κ2) is 4.83. The van der Waals surface area contributed by atoms with E-state index in [1.165, 1.54) is 0 Å². The van der Waals surface area contributed by atoms with Gasteiger partial charge in [0.25, 0.3) is 7.41 Å². The predicted octanol–water partition coefficient (Wildman–Crippen LogP) is 1.06. The maximum Gasteiger partial charge on any atom is 0.491 e. The molecule has 0 aromatic heterocycles. The predicted molar refractivity (Wildman–Crippen MR) is 72.9 cm³/mol. The zero-order chi connectivity index (χ0) is 13.4. The molecule has 4 nitrogen and oxygen atoms in total. The Kier molecular flexibility index (Phi) is 3.72. The topological polar surface area (TPSA) is 38.8 Å². The molecule has 2 heterocycles. The van der Waals surface area contributed by atoms with Gasteiger partial charge >= 0.3 is 7.12 Å². The van der Waals surface area contributed by atoms with E-state index in [2.05, 4.69) is 6.08 Å². The van der Waals surface area contributed by atoms with Crippen molar-refractivity contribution in [1.82, 2.24) is 4.81 Å². The highest BCUT2D eigenvalue weighted by Crippen LogP contribution is 2.38. The molecule has 2 rings (SSSR count). The first-order chi connectivity index (χ1) is 8.36. The van der Waals surface area contributed by atoms with Crippen LogP contribution in [0.15, 0.2) is 11.5 Å². The van der Waals surface area contributed by atoms with Gasteiger partial charge in [0.15, 0.2) is 0 Å². The van der Waals surface area contributed by atoms with Gasteiger partial charge in [0, 0.05) is 6.54 Å². The normalized spacial score (nSPS) is 26.9. The van der Waals surface area contributed by atoms with Gasteiger partial charge in [0.2, 0.25) is 0 Å². The van der Waals surface area contributed by atoms with E-state index >= 15 is 0 Å². The quantitative estimate of drug-likeness (QED) is 0.552. The van der Waals surface area contributed by atoms with E-state index in [0.717, 1.165) is 24.6 Å². The summed E-state index contributed by atoms with van der Waals surface area (Å²) in [5.41, 5.74) is 0.489. The fraction of sp³-hybridized carbons (Fsp3) is 0.750. The van der Waals surface area contributed by atoms with Crippen molar-refractivity contribution in [3.8, 4) is 0 Å². The Balaban J connectivity index is 2.06. The van der Waals surface area contributed by atoms with Crippen LogP contribution in [-0.2, 0) is 14.1 Å². The smallest absolute Gasteiger partial charge is 0.400 e. The molecule has 1 fully saturated rings. The van der Waals surface area contributed by atoms with Crippen molar-refractivity contribution in [2.45, 2.75) is 45.3 Å². The number of rotatable bonds is 3. The van der Waals surface area contributed by atoms with Gasteiger partial charge in [-0.1, -0.05) is 6.08 Å². The average Bonchev–Trinajstić information content (AvgIpc) is 2.49. The summed E-state index contributed by atoms with van der Waals surface area (Å²) in [6.07, 6.45) is 3.91. The third kappa shape index (κ3) is 2.56. The Morgan fingerprint density at radius 3 is 2.50 bits per heavy atom. The molecule has 0 bridgehead atoms. The standard InChI is InChI=1S/C12H20B2NO3/c1-11(2)12(3,4)18-14(17-11)10-6-5-7-15(8-10)13-9-16/h6,9H,5,7-8H2,1-4H3. The Labute approximate surface area is 110 Å². The van der Waals surface area contributed by atoms with Gasteiger partial charge in [-0.15, -0.1) is 0 Å². The maximum atomic E-state index is 10.5. The van der Waals surface area contributed by atoms with Crippen LogP contribution in [0.25, 0.3) is 0 Å². The van der Waals surface area contributed by atoms with E-state index in [1.807, 2.05) is 32.5 Å². The first-order valence-corrected chi connectivity index (χ1v) is 6.43. The number of hydrogen-bond donors (Lipinski definition) is 0. The lowest BCUT2D eigenvalue weighted by Crippen LogP contribution is -2.41. The molecule has 2 aliphatic heterocycles. The molecule has 0 atom stereocenters. The van der Waals surface area contributed by atoms with Gasteiger partial charge in [0.1, 0.15) is 0 Å². The first-order valence-electron chi connectivity index (χ1n) is 6.43. The highest BCUT2D eigenvalue weighted by molar-refractivity contribution is 6.64. The van der Waals surface area contributed by atoms with Gasteiger partial charge in [-0.25, -0.2) is 0 Å². The van der Waals surface area contributed by atoms with Crippen LogP contribution in [0, 0.1) is 0 Å². The molecule has 0 aromatic carbocycles. The summed E-state index contributed by atoms with van der Waals surface area (Å²) in [7, 11) is 1.29. The zero-order valence-corrected chi connectivity index (χ0v) is 11.6. The van der Waals surface area contributed by atoms with Crippen LogP contribution in [0.3, 0.4) is 0 Å². The minimum atomic E-state index is -0.310. The van der Waals surface area contributed by atoms with E-state index in [0.29, 0.717) is 6.54 Å². The van der Waals surface area contributed by atoms with Crippen molar-refractivity contribution >= 4 is 20.7 Å². The SMILES string of the molecule is CC1(C)OB(C2=CCCN([B]C=O)C2)OC1(C)C. The van der Waals surface area contributed by atoms with Crippen LogP contribution < -0.4 is 0 Å². The monoisotopic (exact) mass is 248 g/mol. The maximum absolute atomic E-state index is 10.5. The summed E-state index contributed by atoms with van der Waals surface area (Å²) in [5, 5.41) is 0. The Bertz CT molecular complexity index is 352. The molecular weight excluding hydrogens is 228 g/mol. The van der Waals surface area contributed by atoms with E-state index in [-0.39, 0.29) is 18.3 Å². The van der Waals surface area contributed by atoms with E-state index < -0.39 is 0 Å².